The minimum absolute atomic E-state index is 0.436. The number of hydrogen-bond donors (Lipinski definition) is 0. The first-order valence-electron chi connectivity index (χ1n) is 26.0. The molecule has 0 saturated heterocycles. The summed E-state index contributed by atoms with van der Waals surface area (Å²) < 4.78 is 2.38. The van der Waals surface area contributed by atoms with Gasteiger partial charge >= 0.3 is 0 Å². The molecule has 1 heterocycles. The Balaban J connectivity index is 0.881. The Labute approximate surface area is 437 Å². The molecule has 0 fully saturated rings. The van der Waals surface area contributed by atoms with Crippen molar-refractivity contribution in [2.45, 2.75) is 5.41 Å². The predicted molar refractivity (Wildman–Crippen MR) is 314 cm³/mol. The van der Waals surface area contributed by atoms with Crippen LogP contribution in [0.4, 0.5) is 17.1 Å². The maximum Gasteiger partial charge on any atom is 0.0725 e. The number of anilines is 3. The van der Waals surface area contributed by atoms with Crippen LogP contribution in [0.3, 0.4) is 0 Å². The van der Waals surface area contributed by atoms with E-state index in [0.29, 0.717) is 0 Å². The van der Waals surface area contributed by atoms with Gasteiger partial charge in [-0.1, -0.05) is 231 Å². The molecule has 75 heavy (non-hydrogen) atoms. The second-order valence-corrected chi connectivity index (χ2v) is 19.9. The molecular formula is C73H48N2. The number of benzene rings is 12. The number of para-hydroxylation sites is 3. The van der Waals surface area contributed by atoms with Crippen molar-refractivity contribution in [3.63, 3.8) is 0 Å². The Kier molecular flexibility index (Phi) is 9.83. The molecule has 350 valence electrons. The van der Waals surface area contributed by atoms with Gasteiger partial charge in [0, 0.05) is 33.4 Å². The van der Waals surface area contributed by atoms with Gasteiger partial charge < -0.3 is 9.47 Å². The van der Waals surface area contributed by atoms with E-state index in [0.717, 1.165) is 22.7 Å². The summed E-state index contributed by atoms with van der Waals surface area (Å²) >= 11 is 0. The first-order valence-corrected chi connectivity index (χ1v) is 26.0. The van der Waals surface area contributed by atoms with Crippen molar-refractivity contribution >= 4 is 38.9 Å². The van der Waals surface area contributed by atoms with Crippen LogP contribution in [0.1, 0.15) is 22.3 Å². The molecule has 12 aromatic carbocycles. The Morgan fingerprint density at radius 1 is 0.267 bits per heavy atom. The topological polar surface area (TPSA) is 8.17 Å². The van der Waals surface area contributed by atoms with Crippen molar-refractivity contribution in [2.24, 2.45) is 0 Å². The minimum Gasteiger partial charge on any atom is -0.310 e. The quantitative estimate of drug-likeness (QED) is 0.147. The van der Waals surface area contributed by atoms with Crippen molar-refractivity contribution < 1.29 is 0 Å². The van der Waals surface area contributed by atoms with E-state index in [1.807, 2.05) is 0 Å². The van der Waals surface area contributed by atoms with E-state index >= 15 is 0 Å². The zero-order valence-electron chi connectivity index (χ0n) is 41.1. The van der Waals surface area contributed by atoms with Gasteiger partial charge in [0.25, 0.3) is 0 Å². The molecule has 2 aliphatic carbocycles. The molecule has 1 spiro atoms. The lowest BCUT2D eigenvalue weighted by atomic mass is 9.70. The molecule has 2 nitrogen and oxygen atoms in total. The maximum atomic E-state index is 2.45. The standard InChI is InChI=1S/C73H48N2/c1-3-18-49(19-4-1)50-34-36-51(37-35-50)52-38-43-56(44-39-52)74(57-45-40-53(41-46-57)54-42-47-71-64(48-54)61-25-11-16-33-70(61)75(71)55-20-5-2-6-21-55)69-32-15-10-24-60(69)62-27-17-31-68-72(62)63-26-9-14-30-67(63)73(68)65-28-12-7-22-58(65)59-23-8-13-29-66(59)73/h1-48H. The first-order chi connectivity index (χ1) is 37.2. The Morgan fingerprint density at radius 3 is 1.33 bits per heavy atom. The summed E-state index contributed by atoms with van der Waals surface area (Å²) in [4.78, 5) is 2.45. The minimum atomic E-state index is -0.436. The van der Waals surface area contributed by atoms with Gasteiger partial charge in [0.1, 0.15) is 0 Å². The van der Waals surface area contributed by atoms with Crippen LogP contribution in [0.2, 0.25) is 0 Å². The lowest BCUT2D eigenvalue weighted by Crippen LogP contribution is -2.25. The van der Waals surface area contributed by atoms with Crippen LogP contribution in [-0.2, 0) is 5.41 Å². The number of aromatic nitrogens is 1. The van der Waals surface area contributed by atoms with Gasteiger partial charge in [-0.2, -0.15) is 0 Å². The second-order valence-electron chi connectivity index (χ2n) is 19.9. The summed E-state index contributed by atoms with van der Waals surface area (Å²) in [6.07, 6.45) is 0. The molecule has 0 saturated carbocycles. The van der Waals surface area contributed by atoms with E-state index in [9.17, 15) is 0 Å². The van der Waals surface area contributed by atoms with Crippen LogP contribution in [0.15, 0.2) is 291 Å². The summed E-state index contributed by atoms with van der Waals surface area (Å²) in [6.45, 7) is 0. The number of nitrogens with zero attached hydrogens (tertiary/aromatic N) is 2. The van der Waals surface area contributed by atoms with Crippen LogP contribution >= 0.6 is 0 Å². The Morgan fingerprint density at radius 2 is 0.693 bits per heavy atom. The highest BCUT2D eigenvalue weighted by Crippen LogP contribution is 2.64. The SMILES string of the molecule is c1ccc(-c2ccc(-c3ccc(N(c4ccc(-c5ccc6c(c5)c5ccccc5n6-c5ccccc5)cc4)c4ccccc4-c4cccc5c4-c4ccccc4C54c5ccccc5-c5ccccc54)cc3)cc2)cc1. The molecule has 0 bridgehead atoms. The summed E-state index contributed by atoms with van der Waals surface area (Å²) in [7, 11) is 0. The van der Waals surface area contributed by atoms with Gasteiger partial charge in [-0.25, -0.2) is 0 Å². The zero-order valence-corrected chi connectivity index (χ0v) is 41.1. The van der Waals surface area contributed by atoms with Crippen LogP contribution in [0.5, 0.6) is 0 Å². The van der Waals surface area contributed by atoms with Crippen LogP contribution in [0, 0.1) is 0 Å². The molecule has 0 amide bonds. The van der Waals surface area contributed by atoms with E-state index in [-0.39, 0.29) is 0 Å². The highest BCUT2D eigenvalue weighted by atomic mass is 15.1. The zero-order chi connectivity index (χ0) is 49.5. The van der Waals surface area contributed by atoms with Crippen molar-refractivity contribution in [2.75, 3.05) is 4.90 Å². The molecule has 15 rings (SSSR count). The van der Waals surface area contributed by atoms with E-state index < -0.39 is 5.41 Å². The third kappa shape index (κ3) is 6.60. The van der Waals surface area contributed by atoms with Gasteiger partial charge in [-0.05, 0) is 144 Å². The number of hydrogen-bond acceptors (Lipinski definition) is 1. The van der Waals surface area contributed by atoms with Crippen molar-refractivity contribution in [3.8, 4) is 72.4 Å². The van der Waals surface area contributed by atoms with Gasteiger partial charge in [0.2, 0.25) is 0 Å². The van der Waals surface area contributed by atoms with E-state index in [4.69, 9.17) is 0 Å². The predicted octanol–water partition coefficient (Wildman–Crippen LogP) is 19.3. The molecule has 2 heteroatoms. The van der Waals surface area contributed by atoms with Gasteiger partial charge in [0.15, 0.2) is 0 Å². The van der Waals surface area contributed by atoms with E-state index in [1.54, 1.807) is 0 Å². The van der Waals surface area contributed by atoms with E-state index in [2.05, 4.69) is 301 Å². The van der Waals surface area contributed by atoms with Gasteiger partial charge in [0.05, 0.1) is 22.1 Å². The lowest BCUT2D eigenvalue weighted by Gasteiger charge is -2.31. The van der Waals surface area contributed by atoms with Crippen LogP contribution in [0.25, 0.3) is 94.3 Å². The summed E-state index contributed by atoms with van der Waals surface area (Å²) in [5, 5.41) is 2.49. The molecule has 1 aromatic heterocycles. The fourth-order valence-electron chi connectivity index (χ4n) is 12.8. The van der Waals surface area contributed by atoms with Crippen LogP contribution < -0.4 is 4.90 Å². The van der Waals surface area contributed by atoms with Crippen LogP contribution in [-0.4, -0.2) is 4.57 Å². The number of rotatable bonds is 8. The highest BCUT2D eigenvalue weighted by molar-refractivity contribution is 6.10. The first kappa shape index (κ1) is 42.9. The average Bonchev–Trinajstić information content (AvgIpc) is 4.30. The molecule has 0 N–H and O–H groups in total. The largest absolute Gasteiger partial charge is 0.310 e. The normalized spacial score (nSPS) is 12.6. The van der Waals surface area contributed by atoms with Gasteiger partial charge in [-0.15, -0.1) is 0 Å². The highest BCUT2D eigenvalue weighted by Gasteiger charge is 2.52. The van der Waals surface area contributed by atoms with Crippen molar-refractivity contribution in [3.05, 3.63) is 313 Å². The van der Waals surface area contributed by atoms with Crippen molar-refractivity contribution in [1.82, 2.24) is 4.57 Å². The second kappa shape index (κ2) is 17.2. The van der Waals surface area contributed by atoms with Crippen molar-refractivity contribution in [1.29, 1.82) is 0 Å². The van der Waals surface area contributed by atoms with Gasteiger partial charge in [-0.3, -0.25) is 0 Å². The maximum absolute atomic E-state index is 2.45. The molecule has 2 aliphatic rings. The average molecular weight is 953 g/mol. The monoisotopic (exact) mass is 952 g/mol. The summed E-state index contributed by atoms with van der Waals surface area (Å²) in [6, 6.07) is 107. The molecule has 0 unspecified atom stereocenters. The summed E-state index contributed by atoms with van der Waals surface area (Å²) in [5.74, 6) is 0. The van der Waals surface area contributed by atoms with E-state index in [1.165, 1.54) is 111 Å². The fraction of sp³-hybridized carbons (Fsp3) is 0.0137. The summed E-state index contributed by atoms with van der Waals surface area (Å²) in [5.41, 5.74) is 26.5. The number of fused-ring (bicyclic) bond motifs is 13. The lowest BCUT2D eigenvalue weighted by molar-refractivity contribution is 0.794. The molecule has 0 atom stereocenters. The molecule has 0 aliphatic heterocycles. The molecule has 0 radical (unpaired) electrons. The molecular weight excluding hydrogens is 905 g/mol. The Bertz CT molecular complexity index is 4270. The Hall–Kier alpha value is -9.76. The fourth-order valence-corrected chi connectivity index (χ4v) is 12.8. The molecule has 13 aromatic rings. The third-order valence-electron chi connectivity index (χ3n) is 16.1. The smallest absolute Gasteiger partial charge is 0.0725 e. The third-order valence-corrected chi connectivity index (χ3v) is 16.1.